The van der Waals surface area contributed by atoms with Crippen LogP contribution in [-0.2, 0) is 6.54 Å². The molecular formula is C15H16ClN3O2. The molecule has 1 aliphatic rings. The van der Waals surface area contributed by atoms with Gasteiger partial charge in [-0.05, 0) is 26.0 Å². The average Bonchev–Trinajstić information content (AvgIpc) is 2.96. The minimum Gasteiger partial charge on any atom is -0.485 e. The first-order chi connectivity index (χ1) is 10.1. The quantitative estimate of drug-likeness (QED) is 0.857. The summed E-state index contributed by atoms with van der Waals surface area (Å²) in [6.07, 6.45) is 3.24. The van der Waals surface area contributed by atoms with Crippen LogP contribution in [0.2, 0.25) is 5.02 Å². The van der Waals surface area contributed by atoms with Crippen molar-refractivity contribution >= 4 is 23.2 Å². The van der Waals surface area contributed by atoms with E-state index in [1.165, 1.54) is 0 Å². The Morgan fingerprint density at radius 1 is 1.52 bits per heavy atom. The van der Waals surface area contributed by atoms with Crippen molar-refractivity contribution in [1.29, 1.82) is 0 Å². The molecule has 0 N–H and O–H groups in total. The van der Waals surface area contributed by atoms with E-state index < -0.39 is 0 Å². The number of nitrogens with zero attached hydrogens (tertiary/aromatic N) is 3. The van der Waals surface area contributed by atoms with Crippen molar-refractivity contribution in [3.8, 4) is 5.75 Å². The maximum atomic E-state index is 12.7. The number of ether oxygens (including phenoxy) is 1. The molecule has 0 spiro atoms. The van der Waals surface area contributed by atoms with Crippen LogP contribution in [0.25, 0.3) is 0 Å². The molecule has 21 heavy (non-hydrogen) atoms. The number of benzene rings is 1. The lowest BCUT2D eigenvalue weighted by molar-refractivity contribution is 0.0961. The highest BCUT2D eigenvalue weighted by Crippen LogP contribution is 2.39. The number of aryl methyl sites for hydroxylation is 1. The topological polar surface area (TPSA) is 47.4 Å². The van der Waals surface area contributed by atoms with Crippen LogP contribution in [0, 0.1) is 0 Å². The fraction of sp³-hybridized carbons (Fsp3) is 0.333. The third kappa shape index (κ3) is 2.49. The lowest BCUT2D eigenvalue weighted by atomic mass is 10.1. The van der Waals surface area contributed by atoms with Crippen LogP contribution in [0.4, 0.5) is 5.69 Å². The smallest absolute Gasteiger partial charge is 0.261 e. The lowest BCUT2D eigenvalue weighted by Crippen LogP contribution is -2.42. The van der Waals surface area contributed by atoms with Crippen LogP contribution >= 0.6 is 11.6 Å². The summed E-state index contributed by atoms with van der Waals surface area (Å²) < 4.78 is 7.49. The van der Waals surface area contributed by atoms with E-state index in [1.807, 2.05) is 26.0 Å². The summed E-state index contributed by atoms with van der Waals surface area (Å²) in [6.45, 7) is 5.12. The molecule has 1 atom stereocenters. The zero-order chi connectivity index (χ0) is 15.0. The number of para-hydroxylation sites is 1. The molecule has 0 saturated carbocycles. The summed E-state index contributed by atoms with van der Waals surface area (Å²) in [4.78, 5) is 14.4. The second kappa shape index (κ2) is 5.41. The Balaban J connectivity index is 1.99. The number of hydrogen-bond donors (Lipinski definition) is 0. The van der Waals surface area contributed by atoms with Gasteiger partial charge in [-0.3, -0.25) is 9.48 Å². The molecule has 0 aliphatic carbocycles. The van der Waals surface area contributed by atoms with Crippen molar-refractivity contribution in [2.45, 2.75) is 26.5 Å². The van der Waals surface area contributed by atoms with Crippen molar-refractivity contribution < 1.29 is 9.53 Å². The highest BCUT2D eigenvalue weighted by atomic mass is 35.5. The van der Waals surface area contributed by atoms with Gasteiger partial charge in [0.1, 0.15) is 6.10 Å². The number of rotatable bonds is 2. The Morgan fingerprint density at radius 3 is 3.05 bits per heavy atom. The van der Waals surface area contributed by atoms with Crippen LogP contribution < -0.4 is 9.64 Å². The second-order valence-corrected chi connectivity index (χ2v) is 5.42. The van der Waals surface area contributed by atoms with Gasteiger partial charge in [0.25, 0.3) is 5.91 Å². The minimum atomic E-state index is -0.109. The average molecular weight is 306 g/mol. The van der Waals surface area contributed by atoms with E-state index in [-0.39, 0.29) is 12.0 Å². The van der Waals surface area contributed by atoms with Crippen LogP contribution in [0.5, 0.6) is 5.75 Å². The van der Waals surface area contributed by atoms with Crippen LogP contribution in [0.15, 0.2) is 30.6 Å². The highest BCUT2D eigenvalue weighted by Gasteiger charge is 2.30. The molecule has 3 rings (SSSR count). The Bertz CT molecular complexity index is 683. The van der Waals surface area contributed by atoms with Gasteiger partial charge in [0, 0.05) is 12.7 Å². The molecule has 1 amide bonds. The fourth-order valence-electron chi connectivity index (χ4n) is 2.42. The summed E-state index contributed by atoms with van der Waals surface area (Å²) in [5.41, 5.74) is 1.27. The largest absolute Gasteiger partial charge is 0.485 e. The van der Waals surface area contributed by atoms with E-state index in [9.17, 15) is 4.79 Å². The fourth-order valence-corrected chi connectivity index (χ4v) is 2.63. The number of amides is 1. The molecule has 1 aromatic carbocycles. The van der Waals surface area contributed by atoms with E-state index in [0.717, 1.165) is 6.54 Å². The Labute approximate surface area is 128 Å². The lowest BCUT2D eigenvalue weighted by Gasteiger charge is -2.33. The number of anilines is 1. The van der Waals surface area contributed by atoms with E-state index in [0.29, 0.717) is 28.6 Å². The predicted octanol–water partition coefficient (Wildman–Crippen LogP) is 2.98. The molecule has 110 valence electrons. The van der Waals surface area contributed by atoms with Crippen LogP contribution in [0.3, 0.4) is 0 Å². The van der Waals surface area contributed by atoms with Crippen molar-refractivity contribution in [1.82, 2.24) is 9.78 Å². The molecule has 1 unspecified atom stereocenters. The van der Waals surface area contributed by atoms with Crippen LogP contribution in [-0.4, -0.2) is 28.3 Å². The van der Waals surface area contributed by atoms with Gasteiger partial charge in [0.15, 0.2) is 5.75 Å². The van der Waals surface area contributed by atoms with Crippen molar-refractivity contribution in [3.63, 3.8) is 0 Å². The first kappa shape index (κ1) is 13.9. The predicted molar refractivity (Wildman–Crippen MR) is 81.1 cm³/mol. The first-order valence-corrected chi connectivity index (χ1v) is 7.27. The van der Waals surface area contributed by atoms with Gasteiger partial charge in [-0.2, -0.15) is 5.10 Å². The Kier molecular flexibility index (Phi) is 3.59. The van der Waals surface area contributed by atoms with Crippen LogP contribution in [0.1, 0.15) is 24.2 Å². The maximum Gasteiger partial charge on any atom is 0.261 e. The van der Waals surface area contributed by atoms with Gasteiger partial charge in [0.2, 0.25) is 0 Å². The molecule has 6 heteroatoms. The standard InChI is InChI=1S/C15H16ClN3O2/c1-3-18-9-11(7-17-18)15(20)19-8-10(2)21-14-12(16)5-4-6-13(14)19/h4-7,9-10H,3,8H2,1-2H3. The summed E-state index contributed by atoms with van der Waals surface area (Å²) in [5.74, 6) is 0.475. The van der Waals surface area contributed by atoms with Gasteiger partial charge < -0.3 is 9.64 Å². The molecule has 0 radical (unpaired) electrons. The second-order valence-electron chi connectivity index (χ2n) is 5.02. The van der Waals surface area contributed by atoms with Gasteiger partial charge in [-0.1, -0.05) is 17.7 Å². The van der Waals surface area contributed by atoms with Crippen molar-refractivity contribution in [2.24, 2.45) is 0 Å². The molecule has 2 aromatic rings. The molecule has 0 bridgehead atoms. The van der Waals surface area contributed by atoms with E-state index in [4.69, 9.17) is 16.3 Å². The number of carbonyl (C=O) groups excluding carboxylic acids is 1. The number of carbonyl (C=O) groups is 1. The summed E-state index contributed by atoms with van der Waals surface area (Å²) >= 11 is 6.17. The van der Waals surface area contributed by atoms with E-state index in [1.54, 1.807) is 28.0 Å². The Morgan fingerprint density at radius 2 is 2.33 bits per heavy atom. The molecule has 0 saturated heterocycles. The molecular weight excluding hydrogens is 290 g/mol. The SMILES string of the molecule is CCn1cc(C(=O)N2CC(C)Oc3c(Cl)cccc32)cn1. The summed E-state index contributed by atoms with van der Waals surface area (Å²) in [6, 6.07) is 5.42. The maximum absolute atomic E-state index is 12.7. The van der Waals surface area contributed by atoms with Gasteiger partial charge in [0.05, 0.1) is 29.0 Å². The Hall–Kier alpha value is -2.01. The normalized spacial score (nSPS) is 17.3. The number of hydrogen-bond acceptors (Lipinski definition) is 3. The molecule has 5 nitrogen and oxygen atoms in total. The minimum absolute atomic E-state index is 0.0895. The monoisotopic (exact) mass is 305 g/mol. The van der Waals surface area contributed by atoms with Gasteiger partial charge in [-0.25, -0.2) is 0 Å². The summed E-state index contributed by atoms with van der Waals surface area (Å²) in [7, 11) is 0. The van der Waals surface area contributed by atoms with Gasteiger partial charge >= 0.3 is 0 Å². The van der Waals surface area contributed by atoms with Crippen molar-refractivity contribution in [2.75, 3.05) is 11.4 Å². The highest BCUT2D eigenvalue weighted by molar-refractivity contribution is 6.32. The first-order valence-electron chi connectivity index (χ1n) is 6.89. The van der Waals surface area contributed by atoms with E-state index >= 15 is 0 Å². The molecule has 0 fully saturated rings. The third-order valence-corrected chi connectivity index (χ3v) is 3.74. The number of aromatic nitrogens is 2. The summed E-state index contributed by atoms with van der Waals surface area (Å²) in [5, 5.41) is 4.67. The zero-order valence-electron chi connectivity index (χ0n) is 11.9. The van der Waals surface area contributed by atoms with Gasteiger partial charge in [-0.15, -0.1) is 0 Å². The van der Waals surface area contributed by atoms with E-state index in [2.05, 4.69) is 5.10 Å². The zero-order valence-corrected chi connectivity index (χ0v) is 12.7. The number of halogens is 1. The van der Waals surface area contributed by atoms with Crippen molar-refractivity contribution in [3.05, 3.63) is 41.2 Å². The molecule has 1 aliphatic heterocycles. The third-order valence-electron chi connectivity index (χ3n) is 3.45. The number of fused-ring (bicyclic) bond motifs is 1. The molecule has 1 aromatic heterocycles. The molecule has 2 heterocycles.